The molecule has 0 unspecified atom stereocenters. The molecule has 0 aliphatic carbocycles. The van der Waals surface area contributed by atoms with Crippen LogP contribution >= 0.6 is 24.0 Å². The number of nitrogens with zero attached hydrogens (tertiary/aromatic N) is 1. The summed E-state index contributed by atoms with van der Waals surface area (Å²) in [5.74, 6) is 0. The molecule has 1 nitrogen and oxygen atoms in total. The molecule has 10 heavy (non-hydrogen) atoms. The van der Waals surface area contributed by atoms with Gasteiger partial charge in [-0.3, -0.25) is 0 Å². The van der Waals surface area contributed by atoms with Crippen LogP contribution in [0.1, 0.15) is 5.56 Å². The van der Waals surface area contributed by atoms with Crippen molar-refractivity contribution in [2.24, 2.45) is 0 Å². The molecule has 0 aliphatic rings. The van der Waals surface area contributed by atoms with Gasteiger partial charge in [0.2, 0.25) is 0 Å². The number of halogens is 2. The van der Waals surface area contributed by atoms with E-state index in [1.165, 1.54) is 23.9 Å². The topological polar surface area (TPSA) is 12.9 Å². The minimum atomic E-state index is 0. The molecule has 0 bridgehead atoms. The summed E-state index contributed by atoms with van der Waals surface area (Å²) in [4.78, 5) is 3.94. The van der Waals surface area contributed by atoms with E-state index >= 15 is 0 Å². The van der Waals surface area contributed by atoms with Gasteiger partial charge in [0.05, 0.1) is 0 Å². The Labute approximate surface area is 81.3 Å². The first-order valence-corrected chi connectivity index (χ1v) is 5.20. The van der Waals surface area contributed by atoms with Crippen molar-refractivity contribution in [1.29, 1.82) is 0 Å². The fourth-order valence-electron chi connectivity index (χ4n) is 0.554. The molecule has 0 aromatic carbocycles. The predicted octanol–water partition coefficient (Wildman–Crippen LogP) is 2.20. The van der Waals surface area contributed by atoms with Crippen LogP contribution in [-0.4, -0.2) is 4.98 Å². The van der Waals surface area contributed by atoms with E-state index in [-0.39, 0.29) is 12.4 Å². The molecule has 0 saturated carbocycles. The van der Waals surface area contributed by atoms with Crippen LogP contribution < -0.4 is 0 Å². The minimum absolute atomic E-state index is 0. The average molecular weight is 228 g/mol. The Balaban J connectivity index is 0.000000810. The molecular formula is C6H6Cl2NZn. The van der Waals surface area contributed by atoms with E-state index < -0.39 is 0 Å². The maximum atomic E-state index is 5.57. The van der Waals surface area contributed by atoms with E-state index in [1.807, 2.05) is 18.3 Å². The molecule has 0 saturated heterocycles. The summed E-state index contributed by atoms with van der Waals surface area (Å²) in [6.07, 6.45) is 1.83. The van der Waals surface area contributed by atoms with Crippen molar-refractivity contribution in [3.63, 3.8) is 0 Å². The quantitative estimate of drug-likeness (QED) is 0.530. The molecule has 1 heterocycles. The number of pyridine rings is 1. The van der Waals surface area contributed by atoms with Gasteiger partial charge in [-0.15, -0.1) is 12.4 Å². The van der Waals surface area contributed by atoms with Gasteiger partial charge in [-0.05, 0) is 0 Å². The van der Waals surface area contributed by atoms with Gasteiger partial charge in [0, 0.05) is 0 Å². The Bertz CT molecular complexity index is 187. The van der Waals surface area contributed by atoms with E-state index in [0.717, 1.165) is 5.02 Å². The van der Waals surface area contributed by atoms with E-state index in [9.17, 15) is 0 Å². The summed E-state index contributed by atoms with van der Waals surface area (Å²) >= 11 is 6.85. The molecule has 1 aromatic rings. The van der Waals surface area contributed by atoms with Gasteiger partial charge in [0.1, 0.15) is 0 Å². The van der Waals surface area contributed by atoms with Gasteiger partial charge in [-0.2, -0.15) is 0 Å². The Morgan fingerprint density at radius 2 is 2.20 bits per heavy atom. The second-order valence-corrected chi connectivity index (χ2v) is 3.18. The van der Waals surface area contributed by atoms with E-state index in [4.69, 9.17) is 11.6 Å². The summed E-state index contributed by atoms with van der Waals surface area (Å²) in [5, 5.41) is 1.72. The third-order valence-electron chi connectivity index (χ3n) is 1.08. The monoisotopic (exact) mass is 226 g/mol. The van der Waals surface area contributed by atoms with Crippen LogP contribution in [0.2, 0.25) is 5.15 Å². The molecule has 0 spiro atoms. The standard InChI is InChI=1S/C6H5ClN.ClH.Zn/c1-5-2-3-6(7)8-4-5;;/h2-4H,1H2;1H;. The number of rotatable bonds is 1. The maximum absolute atomic E-state index is 5.57. The Morgan fingerprint density at radius 1 is 1.50 bits per heavy atom. The zero-order valence-electron chi connectivity index (χ0n) is 5.38. The summed E-state index contributed by atoms with van der Waals surface area (Å²) in [5.41, 5.74) is 1.28. The van der Waals surface area contributed by atoms with Gasteiger partial charge >= 0.3 is 68.9 Å². The third-order valence-corrected chi connectivity index (χ3v) is 2.51. The van der Waals surface area contributed by atoms with E-state index in [1.54, 1.807) is 0 Å². The number of hydrogen-bond acceptors (Lipinski definition) is 1. The first-order valence-electron chi connectivity index (χ1n) is 2.72. The Kier molecular flexibility index (Phi) is 5.24. The fraction of sp³-hybridized carbons (Fsp3) is 0.167. The zero-order chi connectivity index (χ0) is 6.69. The third kappa shape index (κ3) is 2.96. The molecule has 0 aliphatic heterocycles. The average Bonchev–Trinajstić information content (AvgIpc) is 1.90. The van der Waals surface area contributed by atoms with Crippen LogP contribution in [0.4, 0.5) is 0 Å². The second kappa shape index (κ2) is 5.06. The van der Waals surface area contributed by atoms with Crippen molar-refractivity contribution in [3.8, 4) is 0 Å². The van der Waals surface area contributed by atoms with E-state index in [0.29, 0.717) is 5.15 Å². The SMILES string of the molecule is Cl.Clc1ccc([CH2][Zn])cn1. The molecule has 0 N–H and O–H groups in total. The van der Waals surface area contributed by atoms with Gasteiger partial charge in [-0.25, -0.2) is 0 Å². The van der Waals surface area contributed by atoms with E-state index in [2.05, 4.69) is 4.98 Å². The predicted molar refractivity (Wildman–Crippen MR) is 40.2 cm³/mol. The molecule has 4 heteroatoms. The first kappa shape index (κ1) is 10.4. The van der Waals surface area contributed by atoms with Crippen LogP contribution in [0.3, 0.4) is 0 Å². The van der Waals surface area contributed by atoms with Crippen LogP contribution in [-0.2, 0) is 23.3 Å². The van der Waals surface area contributed by atoms with Crippen molar-refractivity contribution < 1.29 is 18.3 Å². The molecule has 0 amide bonds. The summed E-state index contributed by atoms with van der Waals surface area (Å²) in [6.45, 7) is 0. The summed E-state index contributed by atoms with van der Waals surface area (Å²) in [7, 11) is 0. The van der Waals surface area contributed by atoms with Gasteiger partial charge < -0.3 is 0 Å². The molecule has 1 aromatic heterocycles. The normalized spacial score (nSPS) is 8.70. The molecule has 51 valence electrons. The Hall–Kier alpha value is 0.353. The molecule has 0 atom stereocenters. The van der Waals surface area contributed by atoms with Crippen molar-refractivity contribution in [3.05, 3.63) is 29.0 Å². The zero-order valence-corrected chi connectivity index (χ0v) is 9.92. The molecule has 0 radical (unpaired) electrons. The van der Waals surface area contributed by atoms with Gasteiger partial charge in [0.25, 0.3) is 0 Å². The summed E-state index contributed by atoms with van der Waals surface area (Å²) < 4.78 is 0. The second-order valence-electron chi connectivity index (χ2n) is 1.74. The van der Waals surface area contributed by atoms with Gasteiger partial charge in [0.15, 0.2) is 0 Å². The molecule has 0 fully saturated rings. The van der Waals surface area contributed by atoms with Gasteiger partial charge in [-0.1, -0.05) is 0 Å². The first-order chi connectivity index (χ1) is 4.33. The Morgan fingerprint density at radius 3 is 2.60 bits per heavy atom. The van der Waals surface area contributed by atoms with Crippen molar-refractivity contribution in [2.75, 3.05) is 0 Å². The molecule has 1 rings (SSSR count). The van der Waals surface area contributed by atoms with Crippen molar-refractivity contribution >= 4 is 24.0 Å². The van der Waals surface area contributed by atoms with Crippen LogP contribution in [0.15, 0.2) is 18.3 Å². The summed E-state index contributed by atoms with van der Waals surface area (Å²) in [6, 6.07) is 3.84. The van der Waals surface area contributed by atoms with Crippen molar-refractivity contribution in [2.45, 2.75) is 5.02 Å². The van der Waals surface area contributed by atoms with Crippen LogP contribution in [0, 0.1) is 0 Å². The van der Waals surface area contributed by atoms with Crippen molar-refractivity contribution in [1.82, 2.24) is 4.98 Å². The molecular weight excluding hydrogens is 222 g/mol. The van der Waals surface area contributed by atoms with Crippen LogP contribution in [0.25, 0.3) is 0 Å². The van der Waals surface area contributed by atoms with Crippen LogP contribution in [0.5, 0.6) is 0 Å². The number of aromatic nitrogens is 1. The fourth-order valence-corrected chi connectivity index (χ4v) is 1.29. The number of hydrogen-bond donors (Lipinski definition) is 0.